The van der Waals surface area contributed by atoms with Crippen LogP contribution in [0.1, 0.15) is 31.3 Å². The highest BCUT2D eigenvalue weighted by Crippen LogP contribution is 2.23. The second-order valence-electron chi connectivity index (χ2n) is 8.40. The molecule has 0 spiro atoms. The summed E-state index contributed by atoms with van der Waals surface area (Å²) in [6.07, 6.45) is 4.61. The maximum atomic E-state index is 13.3. The minimum Gasteiger partial charge on any atom is -0.444 e. The molecule has 0 atom stereocenters. The van der Waals surface area contributed by atoms with Gasteiger partial charge in [-0.3, -0.25) is 9.78 Å². The van der Waals surface area contributed by atoms with Crippen LogP contribution in [0.15, 0.2) is 42.9 Å². The minimum absolute atomic E-state index is 0.211. The number of imidazole rings is 1. The van der Waals surface area contributed by atoms with Gasteiger partial charge in [0.05, 0.1) is 0 Å². The van der Waals surface area contributed by atoms with Gasteiger partial charge in [-0.25, -0.2) is 14.2 Å². The Morgan fingerprint density at radius 2 is 1.68 bits per heavy atom. The molecule has 4 rings (SSSR count). The Labute approximate surface area is 179 Å². The van der Waals surface area contributed by atoms with Gasteiger partial charge in [0, 0.05) is 50.3 Å². The van der Waals surface area contributed by atoms with Crippen LogP contribution < -0.4 is 0 Å². The molecule has 31 heavy (non-hydrogen) atoms. The highest BCUT2D eigenvalue weighted by atomic mass is 19.1. The number of aromatic nitrogens is 3. The van der Waals surface area contributed by atoms with E-state index < -0.39 is 5.60 Å². The first-order chi connectivity index (χ1) is 14.7. The lowest BCUT2D eigenvalue weighted by molar-refractivity contribution is 0.0140. The molecular formula is C22H24FN5O3. The molecule has 1 aromatic carbocycles. The first-order valence-corrected chi connectivity index (χ1v) is 10.1. The number of ether oxygens (including phenoxy) is 1. The maximum absolute atomic E-state index is 13.3. The smallest absolute Gasteiger partial charge is 0.410 e. The average molecular weight is 425 g/mol. The van der Waals surface area contributed by atoms with E-state index in [0.29, 0.717) is 48.8 Å². The van der Waals surface area contributed by atoms with Gasteiger partial charge >= 0.3 is 6.09 Å². The molecule has 1 saturated heterocycles. The normalized spacial score (nSPS) is 14.7. The van der Waals surface area contributed by atoms with Crippen molar-refractivity contribution in [1.82, 2.24) is 24.2 Å². The van der Waals surface area contributed by atoms with Crippen LogP contribution in [-0.4, -0.2) is 67.9 Å². The van der Waals surface area contributed by atoms with Crippen molar-refractivity contribution in [3.63, 3.8) is 0 Å². The van der Waals surface area contributed by atoms with Crippen molar-refractivity contribution in [1.29, 1.82) is 0 Å². The largest absolute Gasteiger partial charge is 0.444 e. The lowest BCUT2D eigenvalue weighted by atomic mass is 10.1. The van der Waals surface area contributed by atoms with Crippen LogP contribution in [0, 0.1) is 5.82 Å². The van der Waals surface area contributed by atoms with Gasteiger partial charge in [0.2, 0.25) is 0 Å². The van der Waals surface area contributed by atoms with E-state index in [-0.39, 0.29) is 17.8 Å². The summed E-state index contributed by atoms with van der Waals surface area (Å²) in [4.78, 5) is 37.4. The molecule has 1 aliphatic rings. The third-order valence-electron chi connectivity index (χ3n) is 4.93. The summed E-state index contributed by atoms with van der Waals surface area (Å²) < 4.78 is 20.4. The van der Waals surface area contributed by atoms with Gasteiger partial charge in [-0.1, -0.05) is 0 Å². The first kappa shape index (κ1) is 20.8. The van der Waals surface area contributed by atoms with E-state index >= 15 is 0 Å². The van der Waals surface area contributed by atoms with Gasteiger partial charge in [0.25, 0.3) is 5.91 Å². The van der Waals surface area contributed by atoms with Gasteiger partial charge in [0.15, 0.2) is 5.65 Å². The van der Waals surface area contributed by atoms with Crippen molar-refractivity contribution in [2.24, 2.45) is 0 Å². The number of amides is 2. The molecule has 0 aliphatic carbocycles. The molecule has 2 aromatic heterocycles. The zero-order chi connectivity index (χ0) is 22.2. The zero-order valence-corrected chi connectivity index (χ0v) is 17.7. The van der Waals surface area contributed by atoms with E-state index in [1.165, 1.54) is 12.1 Å². The van der Waals surface area contributed by atoms with E-state index in [1.807, 2.05) is 20.8 Å². The number of carbonyl (C=O) groups is 2. The lowest BCUT2D eigenvalue weighted by Gasteiger charge is -2.35. The number of rotatable bonds is 2. The summed E-state index contributed by atoms with van der Waals surface area (Å²) in [5, 5.41) is 0. The first-order valence-electron chi connectivity index (χ1n) is 10.1. The number of fused-ring (bicyclic) bond motifs is 1. The molecule has 0 N–H and O–H groups in total. The molecule has 8 nitrogen and oxygen atoms in total. The number of hydrogen-bond acceptors (Lipinski definition) is 5. The molecular weight excluding hydrogens is 401 g/mol. The van der Waals surface area contributed by atoms with Gasteiger partial charge in [-0.05, 0) is 45.0 Å². The quantitative estimate of drug-likeness (QED) is 0.630. The Morgan fingerprint density at radius 1 is 1.03 bits per heavy atom. The standard InChI is InChI=1S/C22H24FN5O3/c1-22(2,3)31-21(30)27-12-10-26(11-13-27)20(29)17-14-28-9-8-24-18(19(28)25-17)15-4-6-16(23)7-5-15/h4-9,14H,10-13H2,1-3H3. The van der Waals surface area contributed by atoms with Gasteiger partial charge in [-0.15, -0.1) is 0 Å². The van der Waals surface area contributed by atoms with Crippen LogP contribution in [0.3, 0.4) is 0 Å². The predicted molar refractivity (Wildman–Crippen MR) is 112 cm³/mol. The van der Waals surface area contributed by atoms with Crippen molar-refractivity contribution in [3.8, 4) is 11.3 Å². The van der Waals surface area contributed by atoms with Gasteiger partial charge in [-0.2, -0.15) is 0 Å². The molecule has 3 heterocycles. The van der Waals surface area contributed by atoms with Crippen LogP contribution >= 0.6 is 0 Å². The summed E-state index contributed by atoms with van der Waals surface area (Å²) >= 11 is 0. The fraction of sp³-hybridized carbons (Fsp3) is 0.364. The molecule has 2 amide bonds. The Balaban J connectivity index is 1.50. The number of hydrogen-bond donors (Lipinski definition) is 0. The number of carbonyl (C=O) groups excluding carboxylic acids is 2. The van der Waals surface area contributed by atoms with E-state index in [4.69, 9.17) is 4.74 Å². The lowest BCUT2D eigenvalue weighted by Crippen LogP contribution is -2.51. The summed E-state index contributed by atoms with van der Waals surface area (Å²) in [7, 11) is 0. The number of nitrogens with zero attached hydrogens (tertiary/aromatic N) is 5. The van der Waals surface area contributed by atoms with Crippen molar-refractivity contribution < 1.29 is 18.7 Å². The zero-order valence-electron chi connectivity index (χ0n) is 17.7. The summed E-state index contributed by atoms with van der Waals surface area (Å²) in [5.74, 6) is -0.543. The van der Waals surface area contributed by atoms with Crippen molar-refractivity contribution >= 4 is 17.6 Å². The fourth-order valence-electron chi connectivity index (χ4n) is 3.41. The molecule has 0 radical (unpaired) electrons. The number of benzene rings is 1. The van der Waals surface area contributed by atoms with E-state index in [9.17, 15) is 14.0 Å². The highest BCUT2D eigenvalue weighted by Gasteiger charge is 2.29. The monoisotopic (exact) mass is 425 g/mol. The number of piperazine rings is 1. The second kappa shape index (κ2) is 7.98. The molecule has 162 valence electrons. The van der Waals surface area contributed by atoms with E-state index in [2.05, 4.69) is 9.97 Å². The number of halogens is 1. The van der Waals surface area contributed by atoms with Crippen molar-refractivity contribution in [2.45, 2.75) is 26.4 Å². The van der Waals surface area contributed by atoms with Crippen molar-refractivity contribution in [3.05, 3.63) is 54.4 Å². The van der Waals surface area contributed by atoms with Crippen LogP contribution in [-0.2, 0) is 4.74 Å². The minimum atomic E-state index is -0.559. The molecule has 1 fully saturated rings. The third kappa shape index (κ3) is 4.50. The second-order valence-corrected chi connectivity index (χ2v) is 8.40. The molecule has 1 aliphatic heterocycles. The van der Waals surface area contributed by atoms with E-state index in [1.54, 1.807) is 44.9 Å². The Morgan fingerprint density at radius 3 is 2.32 bits per heavy atom. The molecule has 0 saturated carbocycles. The maximum Gasteiger partial charge on any atom is 0.410 e. The van der Waals surface area contributed by atoms with Gasteiger partial charge < -0.3 is 18.9 Å². The van der Waals surface area contributed by atoms with Crippen molar-refractivity contribution in [2.75, 3.05) is 26.2 Å². The molecule has 0 unspecified atom stereocenters. The van der Waals surface area contributed by atoms with Gasteiger partial charge in [0.1, 0.15) is 22.8 Å². The summed E-state index contributed by atoms with van der Waals surface area (Å²) in [6, 6.07) is 5.98. The summed E-state index contributed by atoms with van der Waals surface area (Å²) in [6.45, 7) is 7.06. The molecule has 9 heteroatoms. The van der Waals surface area contributed by atoms with E-state index in [0.717, 1.165) is 0 Å². The Bertz CT molecular complexity index is 1110. The topological polar surface area (TPSA) is 80.0 Å². The van der Waals surface area contributed by atoms with Crippen LogP contribution in [0.2, 0.25) is 0 Å². The summed E-state index contributed by atoms with van der Waals surface area (Å²) in [5.41, 5.74) is 1.53. The van der Waals surface area contributed by atoms with Crippen LogP contribution in [0.4, 0.5) is 9.18 Å². The molecule has 3 aromatic rings. The van der Waals surface area contributed by atoms with Crippen LogP contribution in [0.25, 0.3) is 16.9 Å². The Hall–Kier alpha value is -3.49. The average Bonchev–Trinajstić information content (AvgIpc) is 3.17. The fourth-order valence-corrected chi connectivity index (χ4v) is 3.41. The van der Waals surface area contributed by atoms with Crippen LogP contribution in [0.5, 0.6) is 0 Å². The SMILES string of the molecule is CC(C)(C)OC(=O)N1CCN(C(=O)c2cn3ccnc(-c4ccc(F)cc4)c3n2)CC1. The third-order valence-corrected chi connectivity index (χ3v) is 4.93. The predicted octanol–water partition coefficient (Wildman–Crippen LogP) is 3.23. The Kier molecular flexibility index (Phi) is 5.34. The highest BCUT2D eigenvalue weighted by molar-refractivity contribution is 5.94. The molecule has 0 bridgehead atoms.